The van der Waals surface area contributed by atoms with E-state index in [1.807, 2.05) is 74.5 Å². The predicted octanol–water partition coefficient (Wildman–Crippen LogP) is 8.51. The van der Waals surface area contributed by atoms with E-state index < -0.39 is 122 Å². The van der Waals surface area contributed by atoms with Gasteiger partial charge in [0.1, 0.15) is 23.1 Å². The number of unbranched alkanes of at least 4 members (excludes halogenated alkanes) is 1. The number of carboxylic acid groups (broad SMARTS) is 2. The lowest BCUT2D eigenvalue weighted by atomic mass is 9.86. The van der Waals surface area contributed by atoms with Crippen molar-refractivity contribution < 1.29 is 77.3 Å². The molecule has 123 heavy (non-hydrogen) atoms. The average molecular weight is 1730 g/mol. The molecule has 5 aromatic rings. The van der Waals surface area contributed by atoms with Crippen LogP contribution in [0.2, 0.25) is 0 Å². The van der Waals surface area contributed by atoms with Gasteiger partial charge in [-0.05, 0) is 166 Å². The second-order valence-electron chi connectivity index (χ2n) is 32.2. The molecule has 14 N–H and O–H groups in total. The third-order valence-electron chi connectivity index (χ3n) is 21.7. The van der Waals surface area contributed by atoms with Gasteiger partial charge in [0.25, 0.3) is 5.91 Å². The highest BCUT2D eigenvalue weighted by atomic mass is 32.2. The molecule has 5 aliphatic rings. The number of nitrogens with one attached hydrogen (secondary N) is 7. The summed E-state index contributed by atoms with van der Waals surface area (Å²) in [5, 5.41) is 52.3. The largest absolute Gasteiger partial charge is 0.508 e. The van der Waals surface area contributed by atoms with Crippen molar-refractivity contribution >= 4 is 117 Å². The lowest BCUT2D eigenvalue weighted by Gasteiger charge is -2.32. The summed E-state index contributed by atoms with van der Waals surface area (Å²) in [4.78, 5) is 187. The van der Waals surface area contributed by atoms with Crippen molar-refractivity contribution in [3.05, 3.63) is 178 Å². The van der Waals surface area contributed by atoms with Crippen LogP contribution in [-0.2, 0) is 66.5 Å². The van der Waals surface area contributed by atoms with Gasteiger partial charge in [-0.25, -0.2) is 4.79 Å². The van der Waals surface area contributed by atoms with E-state index >= 15 is 0 Å². The Kier molecular flexibility index (Phi) is 37.2. The molecule has 0 radical (unpaired) electrons. The minimum Gasteiger partial charge on any atom is -0.508 e. The standard InChI is InChI=1S/C91H115N13O17S2/c1-58(2)44-67-51-103(82(111)23-15-41-92)55-80(109)97-68(45-62-20-11-6-12-21-62)52-104(84(113)38-27-61-18-9-5-10-19-61)54-79(108)96-66(31-39-86(115)116)50-102(83(112)37-26-60-16-7-4-8-17-60)53-78(107)95-59(3)49-101(85(114)40-43-123-57-63-24-28-64(29-25-63)89(118)98-67)56-81(110)100-75(88(93)117)22-13-14-42-94-91(122)99-65-30-34-71(74(46-65)90(119)120)87-72-35-32-69(105)47-76(72)121-77-48-70(106)33-36-73(77)87/h4,6-8,11-12,16-17,20-21,24-25,28-30,32-36,46-48,58-59,61,66-68,75,105H,5,9-10,13-15,18-19,22-23,26-27,31,37-45,49-57,92H2,1-3H3,(H2,93,117)(H,95,107)(H,96,108)(H,97,109)(H,98,118)(H,100,110)(H,115,116)(H,119,120)(H2,94,99,122)/t59-,66-,67-,68-,75-/m0/s1. The van der Waals surface area contributed by atoms with Gasteiger partial charge in [0, 0.05) is 134 Å². The van der Waals surface area contributed by atoms with Crippen molar-refractivity contribution in [2.24, 2.45) is 23.3 Å². The second kappa shape index (κ2) is 48.2. The van der Waals surface area contributed by atoms with Gasteiger partial charge in [-0.3, -0.25) is 57.5 Å². The number of hydrogen-bond acceptors (Lipinski definition) is 18. The zero-order valence-corrected chi connectivity index (χ0v) is 71.7. The van der Waals surface area contributed by atoms with Crippen molar-refractivity contribution in [2.75, 3.05) is 76.5 Å². The molecule has 0 spiro atoms. The Balaban J connectivity index is 0.937. The van der Waals surface area contributed by atoms with Crippen LogP contribution in [0.15, 0.2) is 149 Å². The predicted molar refractivity (Wildman–Crippen MR) is 474 cm³/mol. The summed E-state index contributed by atoms with van der Waals surface area (Å²) in [6, 6.07) is 33.8. The number of aromatic hydroxyl groups is 1. The maximum Gasteiger partial charge on any atom is 0.336 e. The van der Waals surface area contributed by atoms with E-state index in [0.29, 0.717) is 71.2 Å². The van der Waals surface area contributed by atoms with Crippen LogP contribution in [0.3, 0.4) is 0 Å². The van der Waals surface area contributed by atoms with Crippen molar-refractivity contribution in [3.63, 3.8) is 0 Å². The molecular formula is C91H115N13O17S2. The number of thiocarbonyl (C=S) groups is 1. The number of primary amides is 1. The number of anilines is 1. The van der Waals surface area contributed by atoms with Crippen LogP contribution < -0.4 is 54.1 Å². The number of fused-ring (bicyclic) bond motifs is 31. The molecule has 658 valence electrons. The van der Waals surface area contributed by atoms with Gasteiger partial charge in [0.05, 0.1) is 37.8 Å². The van der Waals surface area contributed by atoms with Gasteiger partial charge in [-0.1, -0.05) is 125 Å². The number of phenolic OH excluding ortho intramolecular Hbond substituents is 1. The molecule has 0 aromatic heterocycles. The fourth-order valence-corrected chi connectivity index (χ4v) is 16.7. The average Bonchev–Trinajstić information content (AvgIpc) is 0.746. The second-order valence-corrected chi connectivity index (χ2v) is 33.7. The van der Waals surface area contributed by atoms with Gasteiger partial charge in [-0.2, -0.15) is 11.8 Å². The molecule has 0 unspecified atom stereocenters. The van der Waals surface area contributed by atoms with Gasteiger partial charge in [0.15, 0.2) is 10.5 Å². The smallest absolute Gasteiger partial charge is 0.336 e. The SMILES string of the molecule is CC(C)C[C@H]1CN(C(=O)CCCN)CC(=O)N[C@@H](Cc2ccccc2)CN(C(=O)CCC2CCCCC2)CC(=O)N[C@@H](CCC(=O)O)CN(C(=O)CCc2ccccc2)CC(=O)N[C@@H](C)CN(CC(=O)N[C@@H](CCCCNC(=S)Nc2ccc(-c3c4ccc(=O)cc-4oc4cc(O)ccc34)c(C(=O)O)c2)C(N)=O)C(=O)CCSCc2ccc(cc2)C(=O)N1. The van der Waals surface area contributed by atoms with Crippen LogP contribution >= 0.6 is 24.0 Å². The van der Waals surface area contributed by atoms with E-state index in [9.17, 15) is 77.6 Å². The van der Waals surface area contributed by atoms with E-state index in [0.717, 1.165) is 48.8 Å². The fourth-order valence-electron chi connectivity index (χ4n) is 15.6. The summed E-state index contributed by atoms with van der Waals surface area (Å²) in [6.45, 7) is 2.95. The number of nitrogens with zero attached hydrogens (tertiary/aromatic N) is 4. The van der Waals surface area contributed by atoms with E-state index in [2.05, 4.69) is 37.2 Å². The van der Waals surface area contributed by atoms with Crippen LogP contribution in [0.4, 0.5) is 5.69 Å². The highest BCUT2D eigenvalue weighted by molar-refractivity contribution is 7.98. The Hall–Kier alpha value is -11.8. The molecule has 2 bridgehead atoms. The Labute approximate surface area is 725 Å². The molecule has 1 fully saturated rings. The molecule has 5 atom stereocenters. The first kappa shape index (κ1) is 95.1. The number of carbonyl (C=O) groups is 12. The summed E-state index contributed by atoms with van der Waals surface area (Å²) in [5.74, 6) is -7.26. The summed E-state index contributed by atoms with van der Waals surface area (Å²) in [5.41, 5.74) is 15.9. The molecule has 5 aromatic carbocycles. The third kappa shape index (κ3) is 31.3. The molecule has 32 heteroatoms. The minimum absolute atomic E-state index is 0.0119. The highest BCUT2D eigenvalue weighted by Gasteiger charge is 2.33. The molecule has 10 rings (SSSR count). The molecule has 30 nitrogen and oxygen atoms in total. The number of phenols is 1. The first-order valence-corrected chi connectivity index (χ1v) is 43.8. The monoisotopic (exact) mass is 1730 g/mol. The Morgan fingerprint density at radius 1 is 0.650 bits per heavy atom. The number of aliphatic carboxylic acids is 1. The van der Waals surface area contributed by atoms with Crippen molar-refractivity contribution in [1.29, 1.82) is 0 Å². The van der Waals surface area contributed by atoms with E-state index in [4.69, 9.17) is 28.1 Å². The van der Waals surface area contributed by atoms with Crippen LogP contribution in [0.1, 0.15) is 167 Å². The highest BCUT2D eigenvalue weighted by Crippen LogP contribution is 2.43. The summed E-state index contributed by atoms with van der Waals surface area (Å²) in [6.07, 6.45) is 6.67. The van der Waals surface area contributed by atoms with E-state index in [1.54, 1.807) is 55.5 Å². The molecular weight excluding hydrogens is 1610 g/mol. The number of nitrogens with two attached hydrogens (primary N) is 2. The molecule has 2 aliphatic carbocycles. The summed E-state index contributed by atoms with van der Waals surface area (Å²) in [7, 11) is 0. The number of aryl methyl sites for hydroxylation is 1. The molecule has 3 heterocycles. The lowest BCUT2D eigenvalue weighted by molar-refractivity contribution is -0.139. The number of carbonyl (C=O) groups excluding carboxylic acids is 10. The normalized spacial score (nSPS) is 17.8. The first-order chi connectivity index (χ1) is 59.0. The quantitative estimate of drug-likeness (QED) is 0.00945. The number of hydrogen-bond donors (Lipinski definition) is 12. The summed E-state index contributed by atoms with van der Waals surface area (Å²) < 4.78 is 5.96. The molecule has 3 aliphatic heterocycles. The van der Waals surface area contributed by atoms with Gasteiger partial charge >= 0.3 is 11.9 Å². The Morgan fingerprint density at radius 2 is 1.28 bits per heavy atom. The number of amides is 10. The van der Waals surface area contributed by atoms with Crippen molar-refractivity contribution in [2.45, 2.75) is 179 Å². The minimum atomic E-state index is -1.26. The topological polar surface area (TPSA) is 445 Å². The number of thioether (sulfide) groups is 1. The Bertz CT molecular complexity index is 4840. The van der Waals surface area contributed by atoms with Crippen molar-refractivity contribution in [3.8, 4) is 28.2 Å². The molecule has 10 amide bonds. The maximum absolute atomic E-state index is 14.9. The van der Waals surface area contributed by atoms with Crippen LogP contribution in [-0.4, -0.2) is 212 Å². The van der Waals surface area contributed by atoms with E-state index in [1.165, 1.54) is 61.7 Å². The van der Waals surface area contributed by atoms with Crippen LogP contribution in [0.5, 0.6) is 5.75 Å². The van der Waals surface area contributed by atoms with Crippen molar-refractivity contribution in [1.82, 2.24) is 51.5 Å². The number of carboxylic acids is 2. The molecule has 0 saturated heterocycles. The van der Waals surface area contributed by atoms with Crippen LogP contribution in [0, 0.1) is 11.8 Å². The van der Waals surface area contributed by atoms with Gasteiger partial charge < -0.3 is 88.0 Å². The zero-order chi connectivity index (χ0) is 88.5. The molecule has 1 saturated carbocycles. The maximum atomic E-state index is 14.9. The summed E-state index contributed by atoms with van der Waals surface area (Å²) >= 11 is 7.00. The number of rotatable bonds is 28. The Morgan fingerprint density at radius 3 is 1.94 bits per heavy atom. The van der Waals surface area contributed by atoms with Gasteiger partial charge in [-0.15, -0.1) is 0 Å². The first-order valence-electron chi connectivity index (χ1n) is 42.2. The lowest BCUT2D eigenvalue weighted by Crippen LogP contribution is -2.55. The fraction of sp³-hybridized carbons (Fsp3) is 0.451. The van der Waals surface area contributed by atoms with Crippen LogP contribution in [0.25, 0.3) is 33.4 Å². The number of benzene rings is 6. The zero-order valence-electron chi connectivity index (χ0n) is 70.1. The third-order valence-corrected chi connectivity index (χ3v) is 22.9. The van der Waals surface area contributed by atoms with E-state index in [-0.39, 0.29) is 153 Å². The number of aromatic carboxylic acids is 1. The van der Waals surface area contributed by atoms with Gasteiger partial charge in [0.2, 0.25) is 53.2 Å².